The van der Waals surface area contributed by atoms with E-state index in [0.717, 1.165) is 24.5 Å². The Labute approximate surface area is 208 Å². The quantitative estimate of drug-likeness (QED) is 0.379. The van der Waals surface area contributed by atoms with Crippen LogP contribution in [0.3, 0.4) is 0 Å². The molecule has 2 aromatic carbocycles. The van der Waals surface area contributed by atoms with E-state index in [1.165, 1.54) is 11.3 Å². The molecule has 1 aliphatic rings. The van der Waals surface area contributed by atoms with Crippen molar-refractivity contribution in [3.8, 4) is 17.1 Å². The van der Waals surface area contributed by atoms with Gasteiger partial charge in [-0.1, -0.05) is 41.4 Å². The summed E-state index contributed by atoms with van der Waals surface area (Å²) in [5.74, 6) is -0.0523. The summed E-state index contributed by atoms with van der Waals surface area (Å²) in [6.07, 6.45) is 1.96. The second-order valence-corrected chi connectivity index (χ2v) is 9.31. The van der Waals surface area contributed by atoms with Crippen LogP contribution in [0.25, 0.3) is 17.1 Å². The minimum absolute atomic E-state index is 0.0523. The molecule has 5 rings (SSSR count). The maximum atomic E-state index is 13.7. The number of halogens is 2. The van der Waals surface area contributed by atoms with Crippen LogP contribution < -0.4 is 4.90 Å². The van der Waals surface area contributed by atoms with Crippen molar-refractivity contribution in [2.75, 3.05) is 31.1 Å². The molecule has 0 bridgehead atoms. The van der Waals surface area contributed by atoms with Crippen LogP contribution in [0.15, 0.2) is 66.9 Å². The molecule has 6 nitrogen and oxygen atoms in total. The molecule has 4 aromatic rings. The fraction of sp³-hybridized carbons (Fsp3) is 0.231. The van der Waals surface area contributed by atoms with Crippen LogP contribution in [-0.4, -0.2) is 51.3 Å². The van der Waals surface area contributed by atoms with Crippen LogP contribution in [-0.2, 0) is 7.05 Å². The molecular weight excluding hydrogens is 469 g/mol. The van der Waals surface area contributed by atoms with Gasteiger partial charge in [0.25, 0.3) is 5.91 Å². The Morgan fingerprint density at radius 1 is 0.912 bits per heavy atom. The summed E-state index contributed by atoms with van der Waals surface area (Å²) in [6, 6.07) is 19.4. The molecule has 1 amide bonds. The lowest BCUT2D eigenvalue weighted by Crippen LogP contribution is -2.49. The van der Waals surface area contributed by atoms with E-state index in [4.69, 9.17) is 28.3 Å². The molecule has 8 heteroatoms. The Morgan fingerprint density at radius 2 is 1.68 bits per heavy atom. The highest BCUT2D eigenvalue weighted by Crippen LogP contribution is 2.28. The van der Waals surface area contributed by atoms with Crippen LogP contribution in [0, 0.1) is 6.92 Å². The predicted molar refractivity (Wildman–Crippen MR) is 137 cm³/mol. The monoisotopic (exact) mass is 493 g/mol. The van der Waals surface area contributed by atoms with Crippen molar-refractivity contribution in [2.45, 2.75) is 6.92 Å². The Morgan fingerprint density at radius 3 is 2.35 bits per heavy atom. The molecule has 1 fully saturated rings. The van der Waals surface area contributed by atoms with Gasteiger partial charge in [0.2, 0.25) is 0 Å². The molecule has 0 radical (unpaired) electrons. The first-order chi connectivity index (χ1) is 16.4. The predicted octanol–water partition coefficient (Wildman–Crippen LogP) is 5.46. The molecule has 0 unspecified atom stereocenters. The van der Waals surface area contributed by atoms with Gasteiger partial charge >= 0.3 is 0 Å². The minimum atomic E-state index is -0.0523. The van der Waals surface area contributed by atoms with Crippen LogP contribution in [0.2, 0.25) is 10.0 Å². The zero-order valence-electron chi connectivity index (χ0n) is 19.1. The molecule has 0 saturated carbocycles. The van der Waals surface area contributed by atoms with Crippen molar-refractivity contribution in [3.05, 3.63) is 88.2 Å². The fourth-order valence-electron chi connectivity index (χ4n) is 4.43. The molecule has 0 N–H and O–H groups in total. The number of amides is 1. The van der Waals surface area contributed by atoms with Crippen molar-refractivity contribution in [2.24, 2.45) is 7.05 Å². The Kier molecular flexibility index (Phi) is 6.11. The van der Waals surface area contributed by atoms with E-state index < -0.39 is 0 Å². The number of hydrogen-bond acceptors (Lipinski definition) is 3. The summed E-state index contributed by atoms with van der Waals surface area (Å²) in [5.41, 5.74) is 5.31. The number of carbonyl (C=O) groups excluding carboxylic acids is 1. The fourth-order valence-corrected chi connectivity index (χ4v) is 4.72. The van der Waals surface area contributed by atoms with E-state index >= 15 is 0 Å². The molecule has 1 aliphatic heterocycles. The van der Waals surface area contributed by atoms with Crippen molar-refractivity contribution in [1.82, 2.24) is 19.2 Å². The summed E-state index contributed by atoms with van der Waals surface area (Å²) >= 11 is 12.4. The number of aromatic nitrogens is 3. The van der Waals surface area contributed by atoms with Gasteiger partial charge in [-0.05, 0) is 55.0 Å². The second kappa shape index (κ2) is 9.20. The van der Waals surface area contributed by atoms with Crippen molar-refractivity contribution in [1.29, 1.82) is 0 Å². The third-order valence-electron chi connectivity index (χ3n) is 6.31. The van der Waals surface area contributed by atoms with Crippen molar-refractivity contribution < 1.29 is 4.79 Å². The summed E-state index contributed by atoms with van der Waals surface area (Å²) in [6.45, 7) is 4.95. The second-order valence-electron chi connectivity index (χ2n) is 8.50. The van der Waals surface area contributed by atoms with E-state index in [9.17, 15) is 4.79 Å². The normalized spacial score (nSPS) is 14.0. The summed E-state index contributed by atoms with van der Waals surface area (Å²) < 4.78 is 3.65. The van der Waals surface area contributed by atoms with Gasteiger partial charge < -0.3 is 14.4 Å². The summed E-state index contributed by atoms with van der Waals surface area (Å²) in [4.78, 5) is 17.9. The number of aryl methyl sites for hydroxylation is 2. The van der Waals surface area contributed by atoms with Gasteiger partial charge in [-0.2, -0.15) is 5.10 Å². The topological polar surface area (TPSA) is 46.3 Å². The summed E-state index contributed by atoms with van der Waals surface area (Å²) in [5, 5.41) is 5.66. The molecule has 3 heterocycles. The first kappa shape index (κ1) is 22.6. The zero-order valence-corrected chi connectivity index (χ0v) is 20.6. The van der Waals surface area contributed by atoms with E-state index in [1.54, 1.807) is 16.8 Å². The van der Waals surface area contributed by atoms with Crippen molar-refractivity contribution in [3.63, 3.8) is 0 Å². The van der Waals surface area contributed by atoms with Crippen LogP contribution in [0.5, 0.6) is 0 Å². The molecule has 34 heavy (non-hydrogen) atoms. The number of piperazine rings is 1. The van der Waals surface area contributed by atoms with Gasteiger partial charge in [0.1, 0.15) is 11.4 Å². The number of anilines is 1. The van der Waals surface area contributed by atoms with E-state index in [0.29, 0.717) is 34.5 Å². The molecule has 0 atom stereocenters. The minimum Gasteiger partial charge on any atom is -0.368 e. The van der Waals surface area contributed by atoms with Crippen molar-refractivity contribution >= 4 is 34.8 Å². The van der Waals surface area contributed by atoms with Gasteiger partial charge in [0.05, 0.1) is 21.4 Å². The highest BCUT2D eigenvalue weighted by Gasteiger charge is 2.27. The number of nitrogens with zero attached hydrogens (tertiary/aromatic N) is 5. The lowest BCUT2D eigenvalue weighted by Gasteiger charge is -2.36. The number of hydrogen-bond donors (Lipinski definition) is 0. The average Bonchev–Trinajstić information content (AvgIpc) is 3.47. The summed E-state index contributed by atoms with van der Waals surface area (Å²) in [7, 11) is 1.96. The molecule has 0 spiro atoms. The highest BCUT2D eigenvalue weighted by molar-refractivity contribution is 6.42. The van der Waals surface area contributed by atoms with E-state index in [2.05, 4.69) is 30.0 Å². The lowest BCUT2D eigenvalue weighted by atomic mass is 10.1. The lowest BCUT2D eigenvalue weighted by molar-refractivity contribution is 0.0737. The van der Waals surface area contributed by atoms with Crippen LogP contribution in [0.1, 0.15) is 16.1 Å². The standard InChI is InChI=1S/C26H25Cl2N5O/c1-18-6-3-4-7-23(18)31-12-14-32(15-13-31)26(34)25-17-22(24-8-5-11-30(24)2)29-33(25)19-9-10-20(27)21(28)16-19/h3-11,16-17H,12-15H2,1-2H3. The molecule has 0 aliphatic carbocycles. The maximum Gasteiger partial charge on any atom is 0.272 e. The molecule has 1 saturated heterocycles. The Balaban J connectivity index is 1.46. The van der Waals surface area contributed by atoms with E-state index in [1.807, 2.05) is 53.0 Å². The number of carbonyl (C=O) groups is 1. The van der Waals surface area contributed by atoms with E-state index in [-0.39, 0.29) is 5.91 Å². The van der Waals surface area contributed by atoms with Crippen LogP contribution >= 0.6 is 23.2 Å². The number of rotatable bonds is 4. The zero-order chi connectivity index (χ0) is 23.8. The largest absolute Gasteiger partial charge is 0.368 e. The number of para-hydroxylation sites is 1. The highest BCUT2D eigenvalue weighted by atomic mass is 35.5. The third-order valence-corrected chi connectivity index (χ3v) is 7.04. The smallest absolute Gasteiger partial charge is 0.272 e. The third kappa shape index (κ3) is 4.19. The SMILES string of the molecule is Cc1ccccc1N1CCN(C(=O)c2cc(-c3cccn3C)nn2-c2ccc(Cl)c(Cl)c2)CC1. The van der Waals surface area contributed by atoms with Crippen LogP contribution in [0.4, 0.5) is 5.69 Å². The molecule has 174 valence electrons. The van der Waals surface area contributed by atoms with Gasteiger partial charge in [-0.15, -0.1) is 0 Å². The Hall–Kier alpha value is -3.22. The van der Waals surface area contributed by atoms with Gasteiger partial charge in [-0.25, -0.2) is 4.68 Å². The number of benzene rings is 2. The Bertz CT molecular complexity index is 1350. The molecule has 2 aromatic heterocycles. The first-order valence-electron chi connectivity index (χ1n) is 11.2. The maximum absolute atomic E-state index is 13.7. The molecular formula is C26H25Cl2N5O. The first-order valence-corrected chi connectivity index (χ1v) is 11.9. The van der Waals surface area contributed by atoms with Gasteiger partial charge in [0, 0.05) is 45.1 Å². The van der Waals surface area contributed by atoms with Gasteiger partial charge in [-0.3, -0.25) is 4.79 Å². The van der Waals surface area contributed by atoms with Gasteiger partial charge in [0.15, 0.2) is 0 Å². The average molecular weight is 494 g/mol.